The highest BCUT2D eigenvalue weighted by atomic mass is 16.5. The highest BCUT2D eigenvalue weighted by Gasteiger charge is 2.24. The Morgan fingerprint density at radius 2 is 2.17 bits per heavy atom. The topological polar surface area (TPSA) is 61.2 Å². The molecule has 1 atom stereocenters. The molecule has 1 unspecified atom stereocenters. The second kappa shape index (κ2) is 6.59. The van der Waals surface area contributed by atoms with Crippen molar-refractivity contribution >= 4 is 11.2 Å². The quantitative estimate of drug-likeness (QED) is 0.780. The molecule has 24 heavy (non-hydrogen) atoms. The molecule has 0 fully saturated rings. The van der Waals surface area contributed by atoms with Crippen molar-refractivity contribution in [3.63, 3.8) is 0 Å². The molecule has 0 spiro atoms. The molecule has 0 amide bonds. The number of rotatable bonds is 5. The van der Waals surface area contributed by atoms with E-state index in [9.17, 15) is 0 Å². The molecule has 4 rings (SSSR count). The van der Waals surface area contributed by atoms with Crippen molar-refractivity contribution in [2.45, 2.75) is 19.2 Å². The van der Waals surface area contributed by atoms with Gasteiger partial charge in [0.25, 0.3) is 0 Å². The number of hydrogen-bond acceptors (Lipinski definition) is 5. The Kier molecular flexibility index (Phi) is 4.15. The molecule has 6 heteroatoms. The van der Waals surface area contributed by atoms with Crippen molar-refractivity contribution in [2.75, 3.05) is 20.3 Å². The lowest BCUT2D eigenvalue weighted by molar-refractivity contribution is 0.0561. The molecular formula is C18H20N4O2. The van der Waals surface area contributed by atoms with Crippen molar-refractivity contribution in [3.05, 3.63) is 54.0 Å². The summed E-state index contributed by atoms with van der Waals surface area (Å²) in [6, 6.07) is 12.2. The van der Waals surface area contributed by atoms with E-state index >= 15 is 0 Å². The summed E-state index contributed by atoms with van der Waals surface area (Å²) in [4.78, 5) is 9.12. The first kappa shape index (κ1) is 15.1. The molecule has 1 aliphatic rings. The van der Waals surface area contributed by atoms with E-state index in [1.807, 2.05) is 30.5 Å². The average molecular weight is 324 g/mol. The zero-order valence-corrected chi connectivity index (χ0v) is 13.6. The van der Waals surface area contributed by atoms with Crippen LogP contribution in [0.4, 0.5) is 0 Å². The summed E-state index contributed by atoms with van der Waals surface area (Å²) < 4.78 is 13.1. The molecule has 0 radical (unpaired) electrons. The van der Waals surface area contributed by atoms with Crippen molar-refractivity contribution < 1.29 is 9.47 Å². The van der Waals surface area contributed by atoms with Crippen LogP contribution >= 0.6 is 0 Å². The van der Waals surface area contributed by atoms with Gasteiger partial charge in [0.05, 0.1) is 19.8 Å². The van der Waals surface area contributed by atoms with Crippen molar-refractivity contribution in [2.24, 2.45) is 0 Å². The standard InChI is InChI=1S/C18H20N4O2/c1-23-15-6-4-13(5-7-15)9-19-10-14-11-24-12-17-21-16-3-2-8-20-18(16)22(14)17/h2-8,14,19H,9-12H2,1H3. The minimum atomic E-state index is 0.201. The number of ether oxygens (including phenoxy) is 2. The summed E-state index contributed by atoms with van der Waals surface area (Å²) in [5.74, 6) is 1.83. The molecule has 2 aromatic heterocycles. The first-order valence-electron chi connectivity index (χ1n) is 8.08. The van der Waals surface area contributed by atoms with Gasteiger partial charge in [-0.25, -0.2) is 9.97 Å². The van der Waals surface area contributed by atoms with Crippen LogP contribution in [0.2, 0.25) is 0 Å². The number of nitrogens with zero attached hydrogens (tertiary/aromatic N) is 3. The molecule has 6 nitrogen and oxygen atoms in total. The van der Waals surface area contributed by atoms with E-state index in [1.54, 1.807) is 7.11 Å². The third kappa shape index (κ3) is 2.86. The first-order valence-corrected chi connectivity index (χ1v) is 8.08. The van der Waals surface area contributed by atoms with E-state index in [0.29, 0.717) is 13.2 Å². The second-order valence-corrected chi connectivity index (χ2v) is 5.89. The predicted molar refractivity (Wildman–Crippen MR) is 90.9 cm³/mol. The molecule has 0 saturated carbocycles. The molecule has 0 saturated heterocycles. The highest BCUT2D eigenvalue weighted by molar-refractivity contribution is 5.71. The highest BCUT2D eigenvalue weighted by Crippen LogP contribution is 2.24. The molecule has 3 aromatic rings. The minimum absolute atomic E-state index is 0.201. The Bertz CT molecular complexity index is 829. The summed E-state index contributed by atoms with van der Waals surface area (Å²) in [6.07, 6.45) is 1.81. The van der Waals surface area contributed by atoms with Crippen LogP contribution in [0.3, 0.4) is 0 Å². The first-order chi connectivity index (χ1) is 11.8. The number of nitrogens with one attached hydrogen (secondary N) is 1. The number of imidazole rings is 1. The monoisotopic (exact) mass is 324 g/mol. The van der Waals surface area contributed by atoms with Crippen molar-refractivity contribution in [3.8, 4) is 5.75 Å². The number of hydrogen-bond donors (Lipinski definition) is 1. The Morgan fingerprint density at radius 1 is 1.29 bits per heavy atom. The van der Waals surface area contributed by atoms with Gasteiger partial charge in [0.1, 0.15) is 23.7 Å². The molecule has 124 valence electrons. The van der Waals surface area contributed by atoms with Gasteiger partial charge in [-0.3, -0.25) is 0 Å². The van der Waals surface area contributed by atoms with Crippen molar-refractivity contribution in [1.82, 2.24) is 19.9 Å². The molecule has 1 N–H and O–H groups in total. The van der Waals surface area contributed by atoms with E-state index in [4.69, 9.17) is 9.47 Å². The fraction of sp³-hybridized carbons (Fsp3) is 0.333. The number of fused-ring (bicyclic) bond motifs is 3. The Morgan fingerprint density at radius 3 is 3.00 bits per heavy atom. The predicted octanol–water partition coefficient (Wildman–Crippen LogP) is 2.30. The maximum Gasteiger partial charge on any atom is 0.160 e. The van der Waals surface area contributed by atoms with E-state index in [-0.39, 0.29) is 6.04 Å². The van der Waals surface area contributed by atoms with E-state index < -0.39 is 0 Å². The van der Waals surface area contributed by atoms with Crippen LogP contribution < -0.4 is 10.1 Å². The molecule has 1 aromatic carbocycles. The maximum absolute atomic E-state index is 5.70. The van der Waals surface area contributed by atoms with Gasteiger partial charge >= 0.3 is 0 Å². The van der Waals surface area contributed by atoms with E-state index in [2.05, 4.69) is 32.0 Å². The lowest BCUT2D eigenvalue weighted by Gasteiger charge is -2.26. The molecular weight excluding hydrogens is 304 g/mol. The van der Waals surface area contributed by atoms with Crippen LogP contribution in [-0.4, -0.2) is 34.8 Å². The van der Waals surface area contributed by atoms with Gasteiger partial charge < -0.3 is 19.4 Å². The second-order valence-electron chi connectivity index (χ2n) is 5.89. The zero-order chi connectivity index (χ0) is 16.4. The summed E-state index contributed by atoms with van der Waals surface area (Å²) in [6.45, 7) is 2.83. The minimum Gasteiger partial charge on any atom is -0.497 e. The molecule has 3 heterocycles. The largest absolute Gasteiger partial charge is 0.497 e. The fourth-order valence-corrected chi connectivity index (χ4v) is 3.10. The molecule has 0 aliphatic carbocycles. The normalized spacial score (nSPS) is 17.0. The van der Waals surface area contributed by atoms with Gasteiger partial charge in [0, 0.05) is 19.3 Å². The van der Waals surface area contributed by atoms with Gasteiger partial charge in [0.15, 0.2) is 5.65 Å². The van der Waals surface area contributed by atoms with Gasteiger partial charge in [-0.05, 0) is 29.8 Å². The lowest BCUT2D eigenvalue weighted by Crippen LogP contribution is -2.32. The number of pyridine rings is 1. The maximum atomic E-state index is 5.70. The smallest absolute Gasteiger partial charge is 0.160 e. The fourth-order valence-electron chi connectivity index (χ4n) is 3.10. The average Bonchev–Trinajstić information content (AvgIpc) is 3.02. The summed E-state index contributed by atoms with van der Waals surface area (Å²) in [7, 11) is 1.68. The van der Waals surface area contributed by atoms with Crippen LogP contribution in [0.1, 0.15) is 17.4 Å². The summed E-state index contributed by atoms with van der Waals surface area (Å²) >= 11 is 0. The van der Waals surface area contributed by atoms with Crippen LogP contribution in [0.25, 0.3) is 11.2 Å². The molecule has 1 aliphatic heterocycles. The zero-order valence-electron chi connectivity index (χ0n) is 13.6. The van der Waals surface area contributed by atoms with E-state index in [0.717, 1.165) is 35.8 Å². The summed E-state index contributed by atoms with van der Waals surface area (Å²) in [5, 5.41) is 3.51. The van der Waals surface area contributed by atoms with Gasteiger partial charge in [-0.1, -0.05) is 12.1 Å². The van der Waals surface area contributed by atoms with Crippen LogP contribution in [0.15, 0.2) is 42.6 Å². The van der Waals surface area contributed by atoms with Crippen molar-refractivity contribution in [1.29, 1.82) is 0 Å². The van der Waals surface area contributed by atoms with Crippen LogP contribution in [0, 0.1) is 0 Å². The van der Waals surface area contributed by atoms with Crippen LogP contribution in [0.5, 0.6) is 5.75 Å². The van der Waals surface area contributed by atoms with Gasteiger partial charge in [-0.2, -0.15) is 0 Å². The van der Waals surface area contributed by atoms with Crippen LogP contribution in [-0.2, 0) is 17.9 Å². The number of benzene rings is 1. The lowest BCUT2D eigenvalue weighted by atomic mass is 10.2. The SMILES string of the molecule is COc1ccc(CNCC2COCc3nc4cccnc4n32)cc1. The van der Waals surface area contributed by atoms with E-state index in [1.165, 1.54) is 5.56 Å². The number of aromatic nitrogens is 3. The Labute approximate surface area is 140 Å². The van der Waals surface area contributed by atoms with Gasteiger partial charge in [0.2, 0.25) is 0 Å². The molecule has 0 bridgehead atoms. The third-order valence-electron chi connectivity index (χ3n) is 4.30. The van der Waals surface area contributed by atoms with Gasteiger partial charge in [-0.15, -0.1) is 0 Å². The Balaban J connectivity index is 1.46. The summed E-state index contributed by atoms with van der Waals surface area (Å²) in [5.41, 5.74) is 3.09. The third-order valence-corrected chi connectivity index (χ3v) is 4.30. The number of methoxy groups -OCH3 is 1. The Hall–Kier alpha value is -2.44.